The Balaban J connectivity index is 1.92. The second-order valence-corrected chi connectivity index (χ2v) is 5.74. The summed E-state index contributed by atoms with van der Waals surface area (Å²) in [7, 11) is 0. The Bertz CT molecular complexity index is 489. The zero-order valence-electron chi connectivity index (χ0n) is 12.3. The van der Waals surface area contributed by atoms with Crippen LogP contribution in [0.3, 0.4) is 0 Å². The Morgan fingerprint density at radius 3 is 2.71 bits per heavy atom. The predicted molar refractivity (Wildman–Crippen MR) is 81.2 cm³/mol. The predicted octanol–water partition coefficient (Wildman–Crippen LogP) is 4.04. The average molecular weight is 314 g/mol. The first-order chi connectivity index (χ1) is 10.1. The number of carbonyl (C=O) groups is 1. The van der Waals surface area contributed by atoms with Crippen molar-refractivity contribution in [3.63, 3.8) is 0 Å². The third-order valence-corrected chi connectivity index (χ3v) is 4.22. The van der Waals surface area contributed by atoms with E-state index in [4.69, 9.17) is 16.3 Å². The third-order valence-electron chi connectivity index (χ3n) is 3.92. The number of likely N-dealkylation sites (N-methyl/N-ethyl adjacent to an activating group) is 1. The number of halogens is 2. The minimum absolute atomic E-state index is 0.0372. The van der Waals surface area contributed by atoms with E-state index in [0.29, 0.717) is 18.3 Å². The van der Waals surface area contributed by atoms with E-state index in [9.17, 15) is 9.18 Å². The molecule has 0 unspecified atom stereocenters. The van der Waals surface area contributed by atoms with Crippen LogP contribution in [0.4, 0.5) is 4.39 Å². The Morgan fingerprint density at radius 2 is 2.10 bits per heavy atom. The van der Waals surface area contributed by atoms with Crippen molar-refractivity contribution in [1.82, 2.24) is 4.90 Å². The lowest BCUT2D eigenvalue weighted by Crippen LogP contribution is -2.43. The van der Waals surface area contributed by atoms with E-state index in [2.05, 4.69) is 0 Å². The van der Waals surface area contributed by atoms with Crippen molar-refractivity contribution in [2.75, 3.05) is 13.2 Å². The molecule has 0 aliphatic heterocycles. The summed E-state index contributed by atoms with van der Waals surface area (Å²) >= 11 is 5.89. The molecule has 1 amide bonds. The van der Waals surface area contributed by atoms with Gasteiger partial charge in [0, 0.05) is 12.6 Å². The van der Waals surface area contributed by atoms with Crippen LogP contribution in [0.2, 0.25) is 5.02 Å². The Hall–Kier alpha value is -1.29. The summed E-state index contributed by atoms with van der Waals surface area (Å²) in [6.45, 7) is 2.61. The molecular weight excluding hydrogens is 293 g/mol. The van der Waals surface area contributed by atoms with Crippen molar-refractivity contribution in [3.8, 4) is 5.75 Å². The highest BCUT2D eigenvalue weighted by atomic mass is 35.5. The maximum absolute atomic E-state index is 13.0. The van der Waals surface area contributed by atoms with Crippen LogP contribution in [0.1, 0.15) is 39.0 Å². The summed E-state index contributed by atoms with van der Waals surface area (Å²) in [5.41, 5.74) is 0. The molecule has 5 heteroatoms. The number of carbonyl (C=O) groups excluding carboxylic acids is 1. The first kappa shape index (κ1) is 16.1. The molecular formula is C16H21ClFNO2. The quantitative estimate of drug-likeness (QED) is 0.821. The van der Waals surface area contributed by atoms with Gasteiger partial charge in [-0.1, -0.05) is 30.9 Å². The molecule has 0 heterocycles. The van der Waals surface area contributed by atoms with E-state index >= 15 is 0 Å². The van der Waals surface area contributed by atoms with E-state index in [1.165, 1.54) is 37.5 Å². The van der Waals surface area contributed by atoms with Gasteiger partial charge in [-0.3, -0.25) is 4.79 Å². The number of benzene rings is 1. The van der Waals surface area contributed by atoms with E-state index in [1.54, 1.807) is 0 Å². The minimum atomic E-state index is -0.420. The van der Waals surface area contributed by atoms with Crippen LogP contribution in [-0.2, 0) is 4.79 Å². The molecule has 1 aromatic carbocycles. The lowest BCUT2D eigenvalue weighted by molar-refractivity contribution is -0.136. The molecule has 3 nitrogen and oxygen atoms in total. The van der Waals surface area contributed by atoms with Gasteiger partial charge in [-0.25, -0.2) is 4.39 Å². The van der Waals surface area contributed by atoms with Gasteiger partial charge in [-0.15, -0.1) is 0 Å². The number of hydrogen-bond acceptors (Lipinski definition) is 2. The summed E-state index contributed by atoms with van der Waals surface area (Å²) in [5, 5.41) is 0.184. The SMILES string of the molecule is CCN(C(=O)COc1ccc(F)cc1Cl)C1CCCCC1. The maximum atomic E-state index is 13.0. The smallest absolute Gasteiger partial charge is 0.260 e. The zero-order valence-corrected chi connectivity index (χ0v) is 13.0. The summed E-state index contributed by atoms with van der Waals surface area (Å²) in [4.78, 5) is 14.2. The van der Waals surface area contributed by atoms with Gasteiger partial charge < -0.3 is 9.64 Å². The largest absolute Gasteiger partial charge is 0.482 e. The van der Waals surface area contributed by atoms with E-state index < -0.39 is 5.82 Å². The highest BCUT2D eigenvalue weighted by Crippen LogP contribution is 2.26. The second-order valence-electron chi connectivity index (χ2n) is 5.34. The fourth-order valence-corrected chi connectivity index (χ4v) is 3.07. The monoisotopic (exact) mass is 313 g/mol. The van der Waals surface area contributed by atoms with Gasteiger partial charge in [0.2, 0.25) is 0 Å². The number of ether oxygens (including phenoxy) is 1. The summed E-state index contributed by atoms with van der Waals surface area (Å²) in [6, 6.07) is 4.22. The lowest BCUT2D eigenvalue weighted by atomic mass is 9.94. The van der Waals surface area contributed by atoms with Crippen molar-refractivity contribution in [2.24, 2.45) is 0 Å². The molecule has 0 radical (unpaired) electrons. The summed E-state index contributed by atoms with van der Waals surface area (Å²) < 4.78 is 18.4. The normalized spacial score (nSPS) is 15.8. The first-order valence-electron chi connectivity index (χ1n) is 7.49. The van der Waals surface area contributed by atoms with Crippen molar-refractivity contribution in [2.45, 2.75) is 45.1 Å². The molecule has 1 aliphatic rings. The van der Waals surface area contributed by atoms with Crippen molar-refractivity contribution in [1.29, 1.82) is 0 Å². The van der Waals surface area contributed by atoms with Crippen LogP contribution < -0.4 is 4.74 Å². The molecule has 1 fully saturated rings. The number of hydrogen-bond donors (Lipinski definition) is 0. The highest BCUT2D eigenvalue weighted by molar-refractivity contribution is 6.32. The third kappa shape index (κ3) is 4.34. The first-order valence-corrected chi connectivity index (χ1v) is 7.87. The minimum Gasteiger partial charge on any atom is -0.482 e. The summed E-state index contributed by atoms with van der Waals surface area (Å²) in [6.07, 6.45) is 5.75. The van der Waals surface area contributed by atoms with Crippen molar-refractivity contribution < 1.29 is 13.9 Å². The van der Waals surface area contributed by atoms with Gasteiger partial charge >= 0.3 is 0 Å². The fraction of sp³-hybridized carbons (Fsp3) is 0.562. The molecule has 0 bridgehead atoms. The molecule has 0 spiro atoms. The van der Waals surface area contributed by atoms with E-state index in [-0.39, 0.29) is 17.5 Å². The molecule has 1 aromatic rings. The maximum Gasteiger partial charge on any atom is 0.260 e. The fourth-order valence-electron chi connectivity index (χ4n) is 2.85. The lowest BCUT2D eigenvalue weighted by Gasteiger charge is -2.33. The van der Waals surface area contributed by atoms with Crippen LogP contribution in [0.5, 0.6) is 5.75 Å². The van der Waals surface area contributed by atoms with E-state index in [1.807, 2.05) is 11.8 Å². The van der Waals surface area contributed by atoms with Gasteiger partial charge in [0.1, 0.15) is 11.6 Å². The van der Waals surface area contributed by atoms with Gasteiger partial charge in [0.05, 0.1) is 5.02 Å². The molecule has 2 rings (SSSR count). The number of amides is 1. The average Bonchev–Trinajstić information content (AvgIpc) is 2.48. The van der Waals surface area contributed by atoms with Gasteiger partial charge in [-0.05, 0) is 38.0 Å². The molecule has 1 aliphatic carbocycles. The van der Waals surface area contributed by atoms with Crippen molar-refractivity contribution >= 4 is 17.5 Å². The molecule has 0 atom stereocenters. The number of nitrogens with zero attached hydrogens (tertiary/aromatic N) is 1. The van der Waals surface area contributed by atoms with E-state index in [0.717, 1.165) is 12.8 Å². The van der Waals surface area contributed by atoms with Gasteiger partial charge in [-0.2, -0.15) is 0 Å². The topological polar surface area (TPSA) is 29.5 Å². The second kappa shape index (κ2) is 7.64. The Kier molecular flexibility index (Phi) is 5.85. The van der Waals surface area contributed by atoms with Crippen LogP contribution >= 0.6 is 11.6 Å². The molecule has 21 heavy (non-hydrogen) atoms. The van der Waals surface area contributed by atoms with Crippen LogP contribution in [0.15, 0.2) is 18.2 Å². The molecule has 0 aromatic heterocycles. The highest BCUT2D eigenvalue weighted by Gasteiger charge is 2.24. The van der Waals surface area contributed by atoms with Crippen LogP contribution in [0.25, 0.3) is 0 Å². The van der Waals surface area contributed by atoms with Crippen LogP contribution in [-0.4, -0.2) is 30.0 Å². The standard InChI is InChI=1S/C16H21ClFNO2/c1-2-19(13-6-4-3-5-7-13)16(20)11-21-15-9-8-12(18)10-14(15)17/h8-10,13H,2-7,11H2,1H3. The molecule has 0 saturated heterocycles. The van der Waals surface area contributed by atoms with Gasteiger partial charge in [0.15, 0.2) is 6.61 Å². The van der Waals surface area contributed by atoms with Crippen LogP contribution in [0, 0.1) is 5.82 Å². The van der Waals surface area contributed by atoms with Crippen molar-refractivity contribution in [3.05, 3.63) is 29.0 Å². The Morgan fingerprint density at radius 1 is 1.38 bits per heavy atom. The molecule has 0 N–H and O–H groups in total. The molecule has 116 valence electrons. The summed E-state index contributed by atoms with van der Waals surface area (Å²) in [5.74, 6) is -0.119. The molecule has 1 saturated carbocycles. The van der Waals surface area contributed by atoms with Gasteiger partial charge in [0.25, 0.3) is 5.91 Å². The Labute approximate surface area is 130 Å². The zero-order chi connectivity index (χ0) is 15.2. The number of rotatable bonds is 5.